The van der Waals surface area contributed by atoms with Gasteiger partial charge in [0.2, 0.25) is 0 Å². The van der Waals surface area contributed by atoms with Crippen molar-refractivity contribution in [3.8, 4) is 10.6 Å². The number of nitro groups is 1. The van der Waals surface area contributed by atoms with Gasteiger partial charge in [-0.05, 0) is 31.2 Å². The highest BCUT2D eigenvalue weighted by molar-refractivity contribution is 7.14. The number of carbonyl (C=O) groups is 1. The van der Waals surface area contributed by atoms with Crippen LogP contribution in [-0.4, -0.2) is 51.8 Å². The normalized spacial score (nSPS) is 14.8. The highest BCUT2D eigenvalue weighted by atomic mass is 32.1. The van der Waals surface area contributed by atoms with Crippen molar-refractivity contribution in [2.75, 3.05) is 26.2 Å². The van der Waals surface area contributed by atoms with Crippen LogP contribution in [0.2, 0.25) is 0 Å². The first-order valence-corrected chi connectivity index (χ1v) is 11.1. The summed E-state index contributed by atoms with van der Waals surface area (Å²) in [5.74, 6) is -0.418. The number of piperazine rings is 1. The van der Waals surface area contributed by atoms with Crippen LogP contribution in [0.5, 0.6) is 0 Å². The zero-order valence-corrected chi connectivity index (χ0v) is 17.8. The minimum atomic E-state index is -0.450. The summed E-state index contributed by atoms with van der Waals surface area (Å²) >= 11 is 2.70. The molecule has 7 nitrogen and oxygen atoms in total. The molecule has 0 aliphatic carbocycles. The van der Waals surface area contributed by atoms with Crippen molar-refractivity contribution in [1.29, 1.82) is 0 Å². The monoisotopic (exact) mass is 446 g/mol. The maximum Gasteiger partial charge on any atom is 0.283 e. The molecule has 1 aliphatic heterocycles. The molecule has 2 aromatic heterocycles. The van der Waals surface area contributed by atoms with Gasteiger partial charge in [-0.15, -0.1) is 22.7 Å². The third kappa shape index (κ3) is 4.40. The van der Waals surface area contributed by atoms with Gasteiger partial charge in [-0.25, -0.2) is 9.37 Å². The van der Waals surface area contributed by atoms with Crippen LogP contribution in [0.3, 0.4) is 0 Å². The van der Waals surface area contributed by atoms with Crippen LogP contribution in [-0.2, 0) is 6.54 Å². The van der Waals surface area contributed by atoms with Crippen molar-refractivity contribution < 1.29 is 14.1 Å². The Morgan fingerprint density at radius 3 is 2.57 bits per heavy atom. The van der Waals surface area contributed by atoms with Crippen LogP contribution in [0, 0.1) is 22.9 Å². The largest absolute Gasteiger partial charge is 0.335 e. The molecule has 1 amide bonds. The molecule has 0 N–H and O–H groups in total. The zero-order chi connectivity index (χ0) is 21.3. The van der Waals surface area contributed by atoms with Gasteiger partial charge in [0.15, 0.2) is 0 Å². The van der Waals surface area contributed by atoms with Gasteiger partial charge in [0, 0.05) is 49.7 Å². The highest BCUT2D eigenvalue weighted by Gasteiger charge is 2.26. The summed E-state index contributed by atoms with van der Waals surface area (Å²) in [5.41, 5.74) is 1.84. The van der Waals surface area contributed by atoms with Crippen LogP contribution < -0.4 is 0 Å². The van der Waals surface area contributed by atoms with Gasteiger partial charge < -0.3 is 4.90 Å². The maximum absolute atomic E-state index is 13.1. The van der Waals surface area contributed by atoms with E-state index in [0.717, 1.165) is 16.3 Å². The fraction of sp³-hybridized carbons (Fsp3) is 0.300. The van der Waals surface area contributed by atoms with E-state index < -0.39 is 4.92 Å². The van der Waals surface area contributed by atoms with E-state index in [4.69, 9.17) is 0 Å². The molecule has 0 saturated carbocycles. The van der Waals surface area contributed by atoms with Gasteiger partial charge in [0.25, 0.3) is 11.6 Å². The van der Waals surface area contributed by atoms with E-state index in [0.29, 0.717) is 42.5 Å². The minimum Gasteiger partial charge on any atom is -0.335 e. The summed E-state index contributed by atoms with van der Waals surface area (Å²) < 4.78 is 13.1. The average molecular weight is 447 g/mol. The van der Waals surface area contributed by atoms with E-state index in [9.17, 15) is 19.3 Å². The molecular formula is C20H19FN4O3S2. The Bertz CT molecular complexity index is 1070. The number of aryl methyl sites for hydroxylation is 1. The fourth-order valence-electron chi connectivity index (χ4n) is 3.36. The molecule has 0 radical (unpaired) electrons. The van der Waals surface area contributed by atoms with Crippen LogP contribution in [0.4, 0.5) is 10.1 Å². The van der Waals surface area contributed by atoms with Crippen molar-refractivity contribution in [2.45, 2.75) is 13.5 Å². The van der Waals surface area contributed by atoms with Gasteiger partial charge in [-0.2, -0.15) is 0 Å². The smallest absolute Gasteiger partial charge is 0.283 e. The third-order valence-corrected chi connectivity index (χ3v) is 6.95. The second-order valence-corrected chi connectivity index (χ2v) is 9.14. The number of amides is 1. The maximum atomic E-state index is 13.1. The Balaban J connectivity index is 1.34. The number of carbonyl (C=O) groups excluding carboxylic acids is 1. The number of rotatable bonds is 5. The number of thiophene rings is 1. The molecule has 0 spiro atoms. The quantitative estimate of drug-likeness (QED) is 0.434. The topological polar surface area (TPSA) is 79.6 Å². The summed E-state index contributed by atoms with van der Waals surface area (Å²) in [6, 6.07) is 7.67. The molecule has 1 aromatic carbocycles. The van der Waals surface area contributed by atoms with Crippen molar-refractivity contribution in [3.63, 3.8) is 0 Å². The van der Waals surface area contributed by atoms with E-state index >= 15 is 0 Å². The highest BCUT2D eigenvalue weighted by Crippen LogP contribution is 2.29. The van der Waals surface area contributed by atoms with Gasteiger partial charge >= 0.3 is 0 Å². The number of hydrogen-bond acceptors (Lipinski definition) is 7. The first kappa shape index (κ1) is 20.6. The molecular weight excluding hydrogens is 427 g/mol. The molecule has 3 aromatic rings. The summed E-state index contributed by atoms with van der Waals surface area (Å²) in [5, 5.41) is 13.9. The predicted octanol–water partition coefficient (Wildman–Crippen LogP) is 4.19. The first-order chi connectivity index (χ1) is 14.4. The molecule has 3 heterocycles. The molecule has 0 unspecified atom stereocenters. The molecule has 1 fully saturated rings. The van der Waals surface area contributed by atoms with Crippen molar-refractivity contribution in [3.05, 3.63) is 67.1 Å². The summed E-state index contributed by atoms with van der Waals surface area (Å²) in [4.78, 5) is 32.8. The van der Waals surface area contributed by atoms with E-state index in [1.54, 1.807) is 24.0 Å². The Kier molecular flexibility index (Phi) is 5.89. The second kappa shape index (κ2) is 8.58. The fourth-order valence-corrected chi connectivity index (χ4v) is 5.13. The van der Waals surface area contributed by atoms with Gasteiger partial charge in [-0.3, -0.25) is 19.8 Å². The lowest BCUT2D eigenvalue weighted by Crippen LogP contribution is -2.48. The van der Waals surface area contributed by atoms with E-state index in [-0.39, 0.29) is 17.4 Å². The number of aromatic nitrogens is 1. The number of hydrogen-bond donors (Lipinski definition) is 0. The van der Waals surface area contributed by atoms with Crippen molar-refractivity contribution >= 4 is 34.3 Å². The number of nitrogens with zero attached hydrogens (tertiary/aromatic N) is 4. The van der Waals surface area contributed by atoms with Crippen LogP contribution in [0.25, 0.3) is 10.6 Å². The molecule has 1 aliphatic rings. The van der Waals surface area contributed by atoms with Crippen molar-refractivity contribution in [1.82, 2.24) is 14.8 Å². The van der Waals surface area contributed by atoms with E-state index in [2.05, 4.69) is 9.88 Å². The van der Waals surface area contributed by atoms with E-state index in [1.165, 1.54) is 40.9 Å². The van der Waals surface area contributed by atoms with Crippen molar-refractivity contribution in [2.24, 2.45) is 0 Å². The molecule has 10 heteroatoms. The van der Waals surface area contributed by atoms with Gasteiger partial charge in [0.1, 0.15) is 10.8 Å². The van der Waals surface area contributed by atoms with Crippen LogP contribution in [0.15, 0.2) is 35.7 Å². The molecule has 4 rings (SSSR count). The minimum absolute atomic E-state index is 0.00229. The van der Waals surface area contributed by atoms with Gasteiger partial charge in [-0.1, -0.05) is 0 Å². The Hall–Kier alpha value is -2.69. The van der Waals surface area contributed by atoms with Gasteiger partial charge in [0.05, 0.1) is 20.4 Å². The van der Waals surface area contributed by atoms with Crippen LogP contribution in [0.1, 0.15) is 20.2 Å². The predicted molar refractivity (Wildman–Crippen MR) is 114 cm³/mol. The lowest BCUT2D eigenvalue weighted by atomic mass is 10.2. The first-order valence-electron chi connectivity index (χ1n) is 9.37. The summed E-state index contributed by atoms with van der Waals surface area (Å²) in [6.45, 7) is 4.90. The summed E-state index contributed by atoms with van der Waals surface area (Å²) in [6.07, 6.45) is 0. The standard InChI is InChI=1S/C20H19FN4O3S2/c1-13-17(25(27)28)10-18(30-13)20(26)24-8-6-23(7-9-24)11-16-12-29-19(22-16)14-2-4-15(21)5-3-14/h2-5,10,12H,6-9,11H2,1H3. The molecule has 0 atom stereocenters. The molecule has 1 saturated heterocycles. The number of halogens is 1. The summed E-state index contributed by atoms with van der Waals surface area (Å²) in [7, 11) is 0. The lowest BCUT2D eigenvalue weighted by molar-refractivity contribution is -0.385. The Morgan fingerprint density at radius 1 is 1.23 bits per heavy atom. The molecule has 30 heavy (non-hydrogen) atoms. The molecule has 0 bridgehead atoms. The Labute approximate surface area is 180 Å². The SMILES string of the molecule is Cc1sc(C(=O)N2CCN(Cc3csc(-c4ccc(F)cc4)n3)CC2)cc1[N+](=O)[O-]. The number of benzene rings is 1. The van der Waals surface area contributed by atoms with E-state index in [1.807, 2.05) is 5.38 Å². The zero-order valence-electron chi connectivity index (χ0n) is 16.2. The van der Waals surface area contributed by atoms with Crippen LogP contribution >= 0.6 is 22.7 Å². The third-order valence-electron chi connectivity index (χ3n) is 4.99. The average Bonchev–Trinajstić information content (AvgIpc) is 3.35. The Morgan fingerprint density at radius 2 is 1.93 bits per heavy atom. The number of thiazole rings is 1. The lowest BCUT2D eigenvalue weighted by Gasteiger charge is -2.34. The second-order valence-electron chi connectivity index (χ2n) is 7.03. The molecule has 156 valence electrons.